The van der Waals surface area contributed by atoms with Crippen molar-refractivity contribution >= 4 is 29.7 Å². The van der Waals surface area contributed by atoms with Crippen LogP contribution in [-0.2, 0) is 13.1 Å². The molecular formula is C15H16ClF2N3OS. The van der Waals surface area contributed by atoms with Crippen molar-refractivity contribution in [1.82, 2.24) is 9.88 Å². The van der Waals surface area contributed by atoms with Crippen LogP contribution in [0.3, 0.4) is 0 Å². The van der Waals surface area contributed by atoms with Gasteiger partial charge >= 0.3 is 0 Å². The van der Waals surface area contributed by atoms with Crippen LogP contribution in [0.25, 0.3) is 0 Å². The lowest BCUT2D eigenvalue weighted by atomic mass is 10.2. The average Bonchev–Trinajstić information content (AvgIpc) is 3.22. The molecule has 1 heterocycles. The van der Waals surface area contributed by atoms with Gasteiger partial charge < -0.3 is 10.6 Å². The monoisotopic (exact) mass is 359 g/mol. The van der Waals surface area contributed by atoms with E-state index in [9.17, 15) is 13.6 Å². The van der Waals surface area contributed by atoms with Gasteiger partial charge in [-0.3, -0.25) is 4.79 Å². The van der Waals surface area contributed by atoms with Crippen molar-refractivity contribution in [3.63, 3.8) is 0 Å². The first-order valence-corrected chi connectivity index (χ1v) is 7.86. The minimum atomic E-state index is -0.639. The molecule has 0 spiro atoms. The molecule has 1 aliphatic rings. The fourth-order valence-electron chi connectivity index (χ4n) is 2.24. The molecule has 0 unspecified atom stereocenters. The van der Waals surface area contributed by atoms with E-state index in [-0.39, 0.29) is 37.4 Å². The normalized spacial score (nSPS) is 13.5. The highest BCUT2D eigenvalue weighted by atomic mass is 35.5. The maximum Gasteiger partial charge on any atom is 0.273 e. The number of nitrogens with zero attached hydrogens (tertiary/aromatic N) is 2. The molecule has 124 valence electrons. The van der Waals surface area contributed by atoms with E-state index in [1.807, 2.05) is 0 Å². The molecule has 1 aliphatic carbocycles. The highest BCUT2D eigenvalue weighted by Crippen LogP contribution is 2.30. The van der Waals surface area contributed by atoms with E-state index in [4.69, 9.17) is 5.73 Å². The zero-order valence-electron chi connectivity index (χ0n) is 12.2. The lowest BCUT2D eigenvalue weighted by molar-refractivity contribution is 0.0723. The maximum atomic E-state index is 13.8. The van der Waals surface area contributed by atoms with Crippen molar-refractivity contribution in [2.24, 2.45) is 5.73 Å². The number of hydrogen-bond acceptors (Lipinski definition) is 4. The predicted octanol–water partition coefficient (Wildman–Crippen LogP) is 3.11. The molecule has 4 nitrogen and oxygen atoms in total. The van der Waals surface area contributed by atoms with Gasteiger partial charge in [-0.15, -0.1) is 23.7 Å². The van der Waals surface area contributed by atoms with Crippen LogP contribution in [0.2, 0.25) is 0 Å². The van der Waals surface area contributed by atoms with Crippen molar-refractivity contribution in [3.8, 4) is 0 Å². The van der Waals surface area contributed by atoms with E-state index in [1.54, 1.807) is 10.3 Å². The Balaban J connectivity index is 0.00000192. The van der Waals surface area contributed by atoms with E-state index < -0.39 is 11.6 Å². The number of carbonyl (C=O) groups excluding carboxylic acids is 1. The number of amides is 1. The summed E-state index contributed by atoms with van der Waals surface area (Å²) in [6.45, 7) is 0.402. The number of hydrogen-bond donors (Lipinski definition) is 1. The fourth-order valence-corrected chi connectivity index (χ4v) is 2.88. The Hall–Kier alpha value is -1.57. The van der Waals surface area contributed by atoms with Crippen LogP contribution in [0.4, 0.5) is 8.78 Å². The van der Waals surface area contributed by atoms with Crippen LogP contribution in [0.5, 0.6) is 0 Å². The first kappa shape index (κ1) is 17.8. The van der Waals surface area contributed by atoms with E-state index in [0.717, 1.165) is 18.9 Å². The van der Waals surface area contributed by atoms with Crippen LogP contribution < -0.4 is 5.73 Å². The zero-order valence-corrected chi connectivity index (χ0v) is 13.8. The topological polar surface area (TPSA) is 59.2 Å². The van der Waals surface area contributed by atoms with Crippen molar-refractivity contribution in [3.05, 3.63) is 51.5 Å². The molecule has 1 fully saturated rings. The second-order valence-electron chi connectivity index (χ2n) is 5.23. The Morgan fingerprint density at radius 3 is 2.70 bits per heavy atom. The first-order valence-electron chi connectivity index (χ1n) is 6.98. The summed E-state index contributed by atoms with van der Waals surface area (Å²) in [7, 11) is 0. The van der Waals surface area contributed by atoms with E-state index in [2.05, 4.69) is 4.98 Å². The Morgan fingerprint density at radius 2 is 2.13 bits per heavy atom. The number of benzene rings is 1. The summed E-state index contributed by atoms with van der Waals surface area (Å²) in [6, 6.07) is 3.50. The molecule has 0 bridgehead atoms. The molecule has 1 amide bonds. The quantitative estimate of drug-likeness (QED) is 0.892. The van der Waals surface area contributed by atoms with Gasteiger partial charge in [-0.25, -0.2) is 13.8 Å². The van der Waals surface area contributed by atoms with Gasteiger partial charge in [-0.2, -0.15) is 0 Å². The van der Waals surface area contributed by atoms with Crippen LogP contribution in [0.15, 0.2) is 23.6 Å². The van der Waals surface area contributed by atoms with Crippen molar-refractivity contribution in [1.29, 1.82) is 0 Å². The smallest absolute Gasteiger partial charge is 0.273 e. The second kappa shape index (κ2) is 7.33. The van der Waals surface area contributed by atoms with Gasteiger partial charge in [0.15, 0.2) is 0 Å². The summed E-state index contributed by atoms with van der Waals surface area (Å²) in [6.07, 6.45) is 1.78. The van der Waals surface area contributed by atoms with Gasteiger partial charge in [0.05, 0.1) is 0 Å². The third-order valence-corrected chi connectivity index (χ3v) is 4.42. The fraction of sp³-hybridized carbons (Fsp3) is 0.333. The molecule has 0 aliphatic heterocycles. The summed E-state index contributed by atoms with van der Waals surface area (Å²) < 4.78 is 26.8. The van der Waals surface area contributed by atoms with Gasteiger partial charge in [-0.05, 0) is 18.9 Å². The lowest BCUT2D eigenvalue weighted by Gasteiger charge is -2.22. The summed E-state index contributed by atoms with van der Waals surface area (Å²) in [5.41, 5.74) is 6.14. The largest absolute Gasteiger partial charge is 0.330 e. The van der Waals surface area contributed by atoms with Crippen LogP contribution in [0, 0.1) is 11.6 Å². The molecular weight excluding hydrogens is 344 g/mol. The highest BCUT2D eigenvalue weighted by Gasteiger charge is 2.34. The van der Waals surface area contributed by atoms with Crippen LogP contribution in [-0.4, -0.2) is 21.8 Å². The SMILES string of the molecule is Cl.NCc1nc(C(=O)N(Cc2ccc(F)cc2F)C2CC2)cs1. The molecule has 2 N–H and O–H groups in total. The number of halogens is 3. The second-order valence-corrected chi connectivity index (χ2v) is 6.17. The van der Waals surface area contributed by atoms with E-state index in [0.29, 0.717) is 16.3 Å². The van der Waals surface area contributed by atoms with E-state index >= 15 is 0 Å². The minimum absolute atomic E-state index is 0. The van der Waals surface area contributed by atoms with Gasteiger partial charge in [-0.1, -0.05) is 6.07 Å². The molecule has 0 radical (unpaired) electrons. The number of thiazole rings is 1. The molecule has 0 atom stereocenters. The summed E-state index contributed by atoms with van der Waals surface area (Å²) in [5, 5.41) is 2.35. The zero-order chi connectivity index (χ0) is 15.7. The first-order chi connectivity index (χ1) is 10.6. The van der Waals surface area contributed by atoms with Crippen molar-refractivity contribution < 1.29 is 13.6 Å². The van der Waals surface area contributed by atoms with E-state index in [1.165, 1.54) is 23.5 Å². The third-order valence-electron chi connectivity index (χ3n) is 3.55. The Bertz CT molecular complexity index is 706. The number of aromatic nitrogens is 1. The number of carbonyl (C=O) groups is 1. The minimum Gasteiger partial charge on any atom is -0.330 e. The molecule has 0 saturated heterocycles. The standard InChI is InChI=1S/C15H15F2N3OS.ClH/c16-10-2-1-9(12(17)5-10)7-20(11-3-4-11)15(21)13-8-22-14(6-18)19-13;/h1-2,5,8,11H,3-4,6-7,18H2;1H. The number of nitrogens with two attached hydrogens (primary N) is 1. The molecule has 23 heavy (non-hydrogen) atoms. The molecule has 8 heteroatoms. The third kappa shape index (κ3) is 4.04. The maximum absolute atomic E-state index is 13.8. The molecule has 1 aromatic heterocycles. The Kier molecular flexibility index (Phi) is 5.67. The van der Waals surface area contributed by atoms with Gasteiger partial charge in [0.2, 0.25) is 0 Å². The summed E-state index contributed by atoms with van der Waals surface area (Å²) in [4.78, 5) is 18.4. The van der Waals surface area contributed by atoms with Crippen molar-refractivity contribution in [2.75, 3.05) is 0 Å². The van der Waals surface area contributed by atoms with Crippen LogP contribution >= 0.6 is 23.7 Å². The highest BCUT2D eigenvalue weighted by molar-refractivity contribution is 7.09. The Morgan fingerprint density at radius 1 is 1.39 bits per heavy atom. The van der Waals surface area contributed by atoms with Gasteiger partial charge in [0.25, 0.3) is 5.91 Å². The number of rotatable bonds is 5. The van der Waals surface area contributed by atoms with Gasteiger partial charge in [0.1, 0.15) is 22.3 Å². The molecule has 1 aromatic carbocycles. The summed E-state index contributed by atoms with van der Waals surface area (Å²) >= 11 is 1.33. The summed E-state index contributed by atoms with van der Waals surface area (Å²) in [5.74, 6) is -1.50. The Labute approximate surface area is 142 Å². The average molecular weight is 360 g/mol. The van der Waals surface area contributed by atoms with Gasteiger partial charge in [0, 0.05) is 36.1 Å². The van der Waals surface area contributed by atoms with Crippen LogP contribution in [0.1, 0.15) is 33.9 Å². The lowest BCUT2D eigenvalue weighted by Crippen LogP contribution is -2.33. The predicted molar refractivity (Wildman–Crippen MR) is 86.5 cm³/mol. The molecule has 2 aromatic rings. The van der Waals surface area contributed by atoms with Crippen molar-refractivity contribution in [2.45, 2.75) is 32.0 Å². The molecule has 1 saturated carbocycles. The molecule has 3 rings (SSSR count).